The third-order valence-corrected chi connectivity index (χ3v) is 5.00. The summed E-state index contributed by atoms with van der Waals surface area (Å²) < 4.78 is 94.2. The molecule has 0 bridgehead atoms. The van der Waals surface area contributed by atoms with Crippen LogP contribution in [0.15, 0.2) is 12.1 Å². The summed E-state index contributed by atoms with van der Waals surface area (Å²) in [6.45, 7) is -0.732. The van der Waals surface area contributed by atoms with Gasteiger partial charge in [0.05, 0.1) is 19.3 Å². The normalized spacial score (nSPS) is 14.4. The van der Waals surface area contributed by atoms with Gasteiger partial charge in [0.2, 0.25) is 11.7 Å². The summed E-state index contributed by atoms with van der Waals surface area (Å²) in [4.78, 5) is 50.6. The lowest BCUT2D eigenvalue weighted by atomic mass is 10.0. The number of halogens is 6. The average Bonchev–Trinajstić information content (AvgIpc) is 3.15. The molecule has 1 aliphatic heterocycles. The first-order chi connectivity index (χ1) is 16.9. The van der Waals surface area contributed by atoms with E-state index in [0.717, 1.165) is 11.7 Å². The van der Waals surface area contributed by atoms with Gasteiger partial charge in [-0.3, -0.25) is 4.79 Å². The maximum absolute atomic E-state index is 13.8. The summed E-state index contributed by atoms with van der Waals surface area (Å²) >= 11 is 0. The molecular formula is C19H21F6N4O7P. The lowest BCUT2D eigenvalue weighted by molar-refractivity contribution is -0.148. The molecule has 11 nitrogen and oxygen atoms in total. The predicted molar refractivity (Wildman–Crippen MR) is 111 cm³/mol. The van der Waals surface area contributed by atoms with Crippen LogP contribution in [0.2, 0.25) is 0 Å². The van der Waals surface area contributed by atoms with Gasteiger partial charge in [0.15, 0.2) is 17.3 Å². The van der Waals surface area contributed by atoms with Gasteiger partial charge in [-0.2, -0.15) is 13.2 Å². The predicted octanol–water partition coefficient (Wildman–Crippen LogP) is 1.48. The Hall–Kier alpha value is -2.98. The van der Waals surface area contributed by atoms with Gasteiger partial charge in [0, 0.05) is 31.6 Å². The number of fused-ring (bicyclic) bond motifs is 1. The van der Waals surface area contributed by atoms with Crippen LogP contribution >= 0.6 is 7.82 Å². The van der Waals surface area contributed by atoms with Gasteiger partial charge in [-0.05, 0) is 18.1 Å². The summed E-state index contributed by atoms with van der Waals surface area (Å²) in [6.07, 6.45) is -5.43. The molecule has 0 radical (unpaired) electrons. The lowest BCUT2D eigenvalue weighted by Crippen LogP contribution is -2.42. The fraction of sp³-hybridized carbons (Fsp3) is 0.421. The number of imidazole rings is 1. The Kier molecular flexibility index (Phi) is 9.48. The number of methoxy groups -OCH3 is 1. The van der Waals surface area contributed by atoms with Crippen molar-refractivity contribution in [2.75, 3.05) is 13.7 Å². The Morgan fingerprint density at radius 2 is 1.70 bits per heavy atom. The van der Waals surface area contributed by atoms with Crippen molar-refractivity contribution >= 4 is 19.7 Å². The molecule has 1 amide bonds. The molecule has 2 aromatic rings. The zero-order valence-corrected chi connectivity index (χ0v) is 19.8. The van der Waals surface area contributed by atoms with Crippen molar-refractivity contribution in [3.63, 3.8) is 0 Å². The number of hydrogen-bond acceptors (Lipinski definition) is 6. The molecule has 1 aromatic heterocycles. The molecule has 2 heterocycles. The molecule has 3 rings (SSSR count). The Bertz CT molecular complexity index is 1210. The van der Waals surface area contributed by atoms with E-state index in [4.69, 9.17) is 25.0 Å². The minimum atomic E-state index is -4.82. The molecule has 0 fully saturated rings. The van der Waals surface area contributed by atoms with Crippen LogP contribution in [0.3, 0.4) is 0 Å². The SMILES string of the molecule is COC(=O)c1nc(C(F)(F)F)n2c1CN(C(=O)CC(N)Cc1cc(F)c(F)cc1F)CC2.O=P(O)(O)O. The maximum Gasteiger partial charge on any atom is 0.466 e. The number of carbonyl (C=O) groups excluding carboxylic acids is 2. The number of amides is 1. The Morgan fingerprint density at radius 1 is 1.14 bits per heavy atom. The van der Waals surface area contributed by atoms with Crippen LogP contribution in [0.25, 0.3) is 0 Å². The van der Waals surface area contributed by atoms with Gasteiger partial charge >= 0.3 is 20.0 Å². The highest BCUT2D eigenvalue weighted by atomic mass is 31.2. The quantitative estimate of drug-likeness (QED) is 0.183. The number of alkyl halides is 3. The van der Waals surface area contributed by atoms with E-state index in [1.165, 1.54) is 4.90 Å². The van der Waals surface area contributed by atoms with E-state index in [0.29, 0.717) is 12.1 Å². The molecule has 1 aromatic carbocycles. The third kappa shape index (κ3) is 8.26. The van der Waals surface area contributed by atoms with Crippen LogP contribution in [-0.2, 0) is 39.8 Å². The van der Waals surface area contributed by atoms with E-state index in [1.807, 2.05) is 0 Å². The number of phosphoric acid groups is 1. The molecule has 1 aliphatic rings. The van der Waals surface area contributed by atoms with Crippen molar-refractivity contribution < 1.29 is 59.9 Å². The molecule has 0 aliphatic carbocycles. The highest BCUT2D eigenvalue weighted by Gasteiger charge is 2.42. The Balaban J connectivity index is 0.000000877. The van der Waals surface area contributed by atoms with E-state index in [1.54, 1.807) is 0 Å². The molecule has 1 atom stereocenters. The topological polar surface area (TPSA) is 168 Å². The number of ether oxygens (including phenoxy) is 1. The van der Waals surface area contributed by atoms with Crippen molar-refractivity contribution in [2.24, 2.45) is 5.73 Å². The zero-order chi connectivity index (χ0) is 28.3. The second-order valence-corrected chi connectivity index (χ2v) is 8.75. The van der Waals surface area contributed by atoms with E-state index in [-0.39, 0.29) is 43.7 Å². The summed E-state index contributed by atoms with van der Waals surface area (Å²) in [6, 6.07) is 0.0485. The van der Waals surface area contributed by atoms with Gasteiger partial charge in [0.25, 0.3) is 0 Å². The van der Waals surface area contributed by atoms with E-state index in [2.05, 4.69) is 9.72 Å². The summed E-state index contributed by atoms with van der Waals surface area (Å²) in [7, 11) is -3.65. The second kappa shape index (κ2) is 11.6. The molecule has 206 valence electrons. The summed E-state index contributed by atoms with van der Waals surface area (Å²) in [5.74, 6) is -6.57. The summed E-state index contributed by atoms with van der Waals surface area (Å²) in [5, 5.41) is 0. The second-order valence-electron chi connectivity index (χ2n) is 7.73. The number of nitrogens with two attached hydrogens (primary N) is 1. The van der Waals surface area contributed by atoms with Crippen molar-refractivity contribution in [2.45, 2.75) is 38.1 Å². The number of aromatic nitrogens is 2. The van der Waals surface area contributed by atoms with Gasteiger partial charge in [-0.15, -0.1) is 0 Å². The number of esters is 1. The first-order valence-corrected chi connectivity index (χ1v) is 11.7. The fourth-order valence-corrected chi connectivity index (χ4v) is 3.49. The summed E-state index contributed by atoms with van der Waals surface area (Å²) in [5.41, 5.74) is 4.95. The highest BCUT2D eigenvalue weighted by Crippen LogP contribution is 2.32. The van der Waals surface area contributed by atoms with Gasteiger partial charge in [-0.25, -0.2) is 27.5 Å². The Labute approximate surface area is 204 Å². The van der Waals surface area contributed by atoms with Crippen LogP contribution < -0.4 is 5.73 Å². The largest absolute Gasteiger partial charge is 0.466 e. The third-order valence-electron chi connectivity index (χ3n) is 5.00. The van der Waals surface area contributed by atoms with Crippen LogP contribution in [0, 0.1) is 17.5 Å². The van der Waals surface area contributed by atoms with Crippen molar-refractivity contribution in [3.05, 3.63) is 52.4 Å². The number of benzene rings is 1. The lowest BCUT2D eigenvalue weighted by Gasteiger charge is -2.30. The van der Waals surface area contributed by atoms with Crippen molar-refractivity contribution in [3.8, 4) is 0 Å². The minimum absolute atomic E-state index is 0.113. The van der Waals surface area contributed by atoms with Crippen LogP contribution in [-0.4, -0.2) is 60.7 Å². The number of carbonyl (C=O) groups is 2. The van der Waals surface area contributed by atoms with E-state index in [9.17, 15) is 35.9 Å². The molecule has 18 heteroatoms. The molecule has 5 N–H and O–H groups in total. The monoisotopic (exact) mass is 562 g/mol. The van der Waals surface area contributed by atoms with E-state index >= 15 is 0 Å². The first-order valence-electron chi connectivity index (χ1n) is 10.1. The molecular weight excluding hydrogens is 541 g/mol. The standard InChI is InChI=1S/C19H18F6N4O3.H3O4P/c1-32-17(31)16-14-8-28(2-3-29(14)18(27-16)19(23,24)25)15(30)6-10(26)4-9-5-12(21)13(22)7-11(9)20;1-5(2,3)4/h5,7,10H,2-4,6,8,26H2,1H3;(H3,1,2,3,4). The minimum Gasteiger partial charge on any atom is -0.464 e. The van der Waals surface area contributed by atoms with Crippen molar-refractivity contribution in [1.29, 1.82) is 0 Å². The van der Waals surface area contributed by atoms with Crippen LogP contribution in [0.5, 0.6) is 0 Å². The Morgan fingerprint density at radius 3 is 2.24 bits per heavy atom. The zero-order valence-electron chi connectivity index (χ0n) is 18.9. The highest BCUT2D eigenvalue weighted by molar-refractivity contribution is 7.45. The average molecular weight is 562 g/mol. The molecule has 37 heavy (non-hydrogen) atoms. The van der Waals surface area contributed by atoms with Gasteiger partial charge in [-0.1, -0.05) is 0 Å². The maximum atomic E-state index is 13.8. The van der Waals surface area contributed by atoms with Gasteiger partial charge in [0.1, 0.15) is 5.82 Å². The number of hydrogen-bond donors (Lipinski definition) is 4. The van der Waals surface area contributed by atoms with Crippen LogP contribution in [0.4, 0.5) is 26.3 Å². The molecule has 0 saturated carbocycles. The molecule has 1 unspecified atom stereocenters. The van der Waals surface area contributed by atoms with Crippen molar-refractivity contribution in [1.82, 2.24) is 14.5 Å². The molecule has 0 spiro atoms. The van der Waals surface area contributed by atoms with Crippen LogP contribution in [0.1, 0.15) is 34.0 Å². The smallest absolute Gasteiger partial charge is 0.464 e. The van der Waals surface area contributed by atoms with Gasteiger partial charge < -0.3 is 34.6 Å². The first kappa shape index (κ1) is 30.2. The number of rotatable bonds is 5. The molecule has 0 saturated heterocycles. The number of nitrogens with zero attached hydrogens (tertiary/aromatic N) is 3. The fourth-order valence-electron chi connectivity index (χ4n) is 3.49. The van der Waals surface area contributed by atoms with E-state index < -0.39 is 60.9 Å².